The average Bonchev–Trinajstić information content (AvgIpc) is 2.55. The summed E-state index contributed by atoms with van der Waals surface area (Å²) in [6.07, 6.45) is 5.89. The van der Waals surface area contributed by atoms with E-state index >= 15 is 0 Å². The first-order chi connectivity index (χ1) is 6.24. The minimum Gasteiger partial charge on any atom is -0.393 e. The zero-order valence-corrected chi connectivity index (χ0v) is 8.22. The highest BCUT2D eigenvalue weighted by Crippen LogP contribution is 2.13. The van der Waals surface area contributed by atoms with Gasteiger partial charge in [-0.2, -0.15) is 0 Å². The zero-order chi connectivity index (χ0) is 9.68. The molecule has 1 N–H and O–H groups in total. The predicted octanol–water partition coefficient (Wildman–Crippen LogP) is 1.39. The highest BCUT2D eigenvalue weighted by molar-refractivity contribution is 4.71. The molecule has 0 fully saturated rings. The van der Waals surface area contributed by atoms with E-state index in [4.69, 9.17) is 0 Å². The van der Waals surface area contributed by atoms with Crippen LogP contribution in [-0.2, 0) is 0 Å². The summed E-state index contributed by atoms with van der Waals surface area (Å²) in [6, 6.07) is 0.226. The molecule has 0 aliphatic carbocycles. The van der Waals surface area contributed by atoms with Crippen molar-refractivity contribution in [1.29, 1.82) is 0 Å². The zero-order valence-electron chi connectivity index (χ0n) is 8.22. The molecule has 0 aliphatic heterocycles. The van der Waals surface area contributed by atoms with Gasteiger partial charge in [0, 0.05) is 6.20 Å². The molecule has 13 heavy (non-hydrogen) atoms. The minimum absolute atomic E-state index is 0.218. The Balaban J connectivity index is 2.37. The van der Waals surface area contributed by atoms with Gasteiger partial charge in [0.25, 0.3) is 0 Å². The fourth-order valence-electron chi connectivity index (χ4n) is 1.41. The van der Waals surface area contributed by atoms with Crippen LogP contribution < -0.4 is 0 Å². The van der Waals surface area contributed by atoms with E-state index < -0.39 is 0 Å². The van der Waals surface area contributed by atoms with Crippen LogP contribution >= 0.6 is 0 Å². The van der Waals surface area contributed by atoms with E-state index in [0.29, 0.717) is 0 Å². The van der Waals surface area contributed by atoms with E-state index in [9.17, 15) is 5.11 Å². The third kappa shape index (κ3) is 3.14. The summed E-state index contributed by atoms with van der Waals surface area (Å²) in [6.45, 7) is 4.11. The molecule has 0 saturated carbocycles. The molecule has 1 heterocycles. The highest BCUT2D eigenvalue weighted by Gasteiger charge is 2.10. The number of aromatic nitrogens is 3. The van der Waals surface area contributed by atoms with Crippen molar-refractivity contribution < 1.29 is 5.11 Å². The lowest BCUT2D eigenvalue weighted by Crippen LogP contribution is -2.15. The Kier molecular flexibility index (Phi) is 3.89. The number of nitrogens with zero attached hydrogens (tertiary/aromatic N) is 3. The third-order valence-electron chi connectivity index (χ3n) is 2.13. The van der Waals surface area contributed by atoms with Crippen molar-refractivity contribution in [3.8, 4) is 0 Å². The van der Waals surface area contributed by atoms with Gasteiger partial charge in [-0.05, 0) is 19.8 Å². The standard InChI is InChI=1S/C9H17N3O/c1-3-4-9(13)7-8(2)12-6-5-10-11-12/h5-6,8-9,13H,3-4,7H2,1-2H3. The molecule has 0 saturated heterocycles. The Morgan fingerprint density at radius 1 is 1.54 bits per heavy atom. The number of hydrogen-bond donors (Lipinski definition) is 1. The maximum Gasteiger partial charge on any atom is 0.0693 e. The Hall–Kier alpha value is -0.900. The van der Waals surface area contributed by atoms with Crippen LogP contribution in [0.25, 0.3) is 0 Å². The second-order valence-corrected chi connectivity index (χ2v) is 3.41. The quantitative estimate of drug-likeness (QED) is 0.750. The molecule has 2 unspecified atom stereocenters. The summed E-state index contributed by atoms with van der Waals surface area (Å²) in [5, 5.41) is 17.2. The first-order valence-electron chi connectivity index (χ1n) is 4.78. The number of rotatable bonds is 5. The van der Waals surface area contributed by atoms with Crippen molar-refractivity contribution in [2.45, 2.75) is 45.3 Å². The molecule has 2 atom stereocenters. The van der Waals surface area contributed by atoms with Crippen molar-refractivity contribution in [1.82, 2.24) is 15.0 Å². The van der Waals surface area contributed by atoms with Crippen LogP contribution in [-0.4, -0.2) is 26.2 Å². The highest BCUT2D eigenvalue weighted by atomic mass is 16.3. The van der Waals surface area contributed by atoms with Gasteiger partial charge in [-0.1, -0.05) is 18.6 Å². The first-order valence-corrected chi connectivity index (χ1v) is 4.78. The van der Waals surface area contributed by atoms with Crippen molar-refractivity contribution >= 4 is 0 Å². The van der Waals surface area contributed by atoms with Crippen LogP contribution in [0.1, 0.15) is 39.2 Å². The largest absolute Gasteiger partial charge is 0.393 e. The van der Waals surface area contributed by atoms with Crippen LogP contribution in [0.2, 0.25) is 0 Å². The van der Waals surface area contributed by atoms with Crippen molar-refractivity contribution in [2.75, 3.05) is 0 Å². The van der Waals surface area contributed by atoms with E-state index in [1.54, 1.807) is 10.9 Å². The Bertz CT molecular complexity index is 223. The van der Waals surface area contributed by atoms with E-state index in [2.05, 4.69) is 17.2 Å². The lowest BCUT2D eigenvalue weighted by molar-refractivity contribution is 0.134. The van der Waals surface area contributed by atoms with Crippen LogP contribution in [0.5, 0.6) is 0 Å². The number of aliphatic hydroxyl groups is 1. The molecule has 0 amide bonds. The second kappa shape index (κ2) is 4.97. The van der Waals surface area contributed by atoms with E-state index in [1.165, 1.54) is 0 Å². The maximum atomic E-state index is 9.56. The molecule has 0 radical (unpaired) electrons. The van der Waals surface area contributed by atoms with Crippen LogP contribution in [0.3, 0.4) is 0 Å². The van der Waals surface area contributed by atoms with Gasteiger partial charge in [-0.3, -0.25) is 0 Å². The lowest BCUT2D eigenvalue weighted by Gasteiger charge is -2.15. The van der Waals surface area contributed by atoms with Gasteiger partial charge < -0.3 is 5.11 Å². The monoisotopic (exact) mass is 183 g/mol. The van der Waals surface area contributed by atoms with Crippen LogP contribution in [0.15, 0.2) is 12.4 Å². The Morgan fingerprint density at radius 2 is 2.31 bits per heavy atom. The van der Waals surface area contributed by atoms with Gasteiger partial charge in [0.1, 0.15) is 0 Å². The number of hydrogen-bond acceptors (Lipinski definition) is 3. The van der Waals surface area contributed by atoms with Gasteiger partial charge in [0.15, 0.2) is 0 Å². The first kappa shape index (κ1) is 10.2. The third-order valence-corrected chi connectivity index (χ3v) is 2.13. The smallest absolute Gasteiger partial charge is 0.0693 e. The molecule has 0 bridgehead atoms. The summed E-state index contributed by atoms with van der Waals surface area (Å²) < 4.78 is 1.78. The summed E-state index contributed by atoms with van der Waals surface area (Å²) in [5.74, 6) is 0. The Morgan fingerprint density at radius 3 is 2.85 bits per heavy atom. The van der Waals surface area contributed by atoms with Gasteiger partial charge in [-0.25, -0.2) is 4.68 Å². The molecule has 0 spiro atoms. The fraction of sp³-hybridized carbons (Fsp3) is 0.778. The van der Waals surface area contributed by atoms with Gasteiger partial charge in [0.2, 0.25) is 0 Å². The van der Waals surface area contributed by atoms with E-state index in [0.717, 1.165) is 19.3 Å². The average molecular weight is 183 g/mol. The topological polar surface area (TPSA) is 50.9 Å². The molecule has 1 aromatic rings. The number of aliphatic hydroxyl groups excluding tert-OH is 1. The molecule has 0 aliphatic rings. The van der Waals surface area contributed by atoms with Gasteiger partial charge in [0.05, 0.1) is 18.3 Å². The van der Waals surface area contributed by atoms with Gasteiger partial charge >= 0.3 is 0 Å². The Labute approximate surface area is 78.6 Å². The van der Waals surface area contributed by atoms with E-state index in [1.807, 2.05) is 13.1 Å². The summed E-state index contributed by atoms with van der Waals surface area (Å²) in [5.41, 5.74) is 0. The van der Waals surface area contributed by atoms with Gasteiger partial charge in [-0.15, -0.1) is 5.10 Å². The summed E-state index contributed by atoms with van der Waals surface area (Å²) >= 11 is 0. The normalized spacial score (nSPS) is 15.6. The minimum atomic E-state index is -0.218. The molecule has 74 valence electrons. The molecule has 4 nitrogen and oxygen atoms in total. The molecule has 0 aromatic carbocycles. The van der Waals surface area contributed by atoms with E-state index in [-0.39, 0.29) is 12.1 Å². The second-order valence-electron chi connectivity index (χ2n) is 3.41. The molecular weight excluding hydrogens is 166 g/mol. The summed E-state index contributed by atoms with van der Waals surface area (Å²) in [4.78, 5) is 0. The van der Waals surface area contributed by atoms with Crippen molar-refractivity contribution in [2.24, 2.45) is 0 Å². The molecule has 1 aromatic heterocycles. The van der Waals surface area contributed by atoms with Crippen molar-refractivity contribution in [3.63, 3.8) is 0 Å². The predicted molar refractivity (Wildman–Crippen MR) is 50.3 cm³/mol. The van der Waals surface area contributed by atoms with Crippen LogP contribution in [0.4, 0.5) is 0 Å². The van der Waals surface area contributed by atoms with Crippen LogP contribution in [0, 0.1) is 0 Å². The molecule has 1 rings (SSSR count). The fourth-order valence-corrected chi connectivity index (χ4v) is 1.41. The molecular formula is C9H17N3O. The molecule has 4 heteroatoms. The lowest BCUT2D eigenvalue weighted by atomic mass is 10.1. The summed E-state index contributed by atoms with van der Waals surface area (Å²) in [7, 11) is 0. The van der Waals surface area contributed by atoms with Crippen molar-refractivity contribution in [3.05, 3.63) is 12.4 Å². The SMILES string of the molecule is CCCC(O)CC(C)n1ccnn1. The maximum absolute atomic E-state index is 9.56.